The molecule has 0 heterocycles. The first-order valence-corrected chi connectivity index (χ1v) is 11.8. The highest BCUT2D eigenvalue weighted by atomic mass is 32.2. The Balaban J connectivity index is 1.93. The highest BCUT2D eigenvalue weighted by Crippen LogP contribution is 2.30. The summed E-state index contributed by atoms with van der Waals surface area (Å²) in [5.41, 5.74) is 0.587. The van der Waals surface area contributed by atoms with Crippen LogP contribution in [-0.2, 0) is 14.8 Å². The molecule has 3 aromatic rings. The van der Waals surface area contributed by atoms with E-state index in [2.05, 4.69) is 5.32 Å². The zero-order valence-corrected chi connectivity index (χ0v) is 19.8. The monoisotopic (exact) mass is 488 g/mol. The molecule has 3 rings (SSSR count). The third kappa shape index (κ3) is 5.76. The molecular weight excluding hydrogens is 463 g/mol. The zero-order chi connectivity index (χ0) is 24.7. The fourth-order valence-electron chi connectivity index (χ4n) is 3.15. The van der Waals surface area contributed by atoms with E-state index < -0.39 is 28.3 Å². The average molecular weight is 489 g/mol. The number of benzene rings is 3. The van der Waals surface area contributed by atoms with Gasteiger partial charge in [-0.25, -0.2) is 12.8 Å². The molecule has 1 N–H and O–H groups in total. The third-order valence-corrected chi connectivity index (χ3v) is 6.60. The lowest BCUT2D eigenvalue weighted by molar-refractivity contribution is -0.114. The molecule has 0 unspecified atom stereocenters. The molecule has 1 amide bonds. The first kappa shape index (κ1) is 24.8. The Bertz CT molecular complexity index is 1230. The molecule has 0 aliphatic rings. The van der Waals surface area contributed by atoms with Crippen LogP contribution in [0.5, 0.6) is 17.2 Å². The van der Waals surface area contributed by atoms with Crippen molar-refractivity contribution in [3.05, 3.63) is 72.5 Å². The molecule has 0 aliphatic carbocycles. The largest absolute Gasteiger partial charge is 0.497 e. The minimum Gasteiger partial charge on any atom is -0.497 e. The summed E-state index contributed by atoms with van der Waals surface area (Å²) in [6.45, 7) is 1.74. The van der Waals surface area contributed by atoms with Gasteiger partial charge in [-0.05, 0) is 67.6 Å². The second-order valence-electron chi connectivity index (χ2n) is 7.01. The Labute approximate surface area is 197 Å². The van der Waals surface area contributed by atoms with Crippen molar-refractivity contribution >= 4 is 27.3 Å². The summed E-state index contributed by atoms with van der Waals surface area (Å²) in [5, 5.41) is 2.67. The quantitative estimate of drug-likeness (QED) is 0.462. The van der Waals surface area contributed by atoms with Gasteiger partial charge in [0.2, 0.25) is 5.91 Å². The van der Waals surface area contributed by atoms with Crippen LogP contribution < -0.4 is 23.8 Å². The summed E-state index contributed by atoms with van der Waals surface area (Å²) in [4.78, 5) is 12.8. The fourth-order valence-corrected chi connectivity index (χ4v) is 4.57. The highest BCUT2D eigenvalue weighted by molar-refractivity contribution is 7.92. The standard InChI is InChI=1S/C24H25FN2O6S/c1-4-33-19-9-7-18(8-10-19)27(34(29,30)21-12-5-17(25)6-13-21)16-24(28)26-22-14-11-20(31-2)15-23(22)32-3/h5-15H,4,16H2,1-3H3,(H,26,28). The summed E-state index contributed by atoms with van der Waals surface area (Å²) in [5.74, 6) is 0.253. The Morgan fingerprint density at radius 1 is 0.941 bits per heavy atom. The number of halogens is 1. The molecule has 0 saturated carbocycles. The smallest absolute Gasteiger partial charge is 0.264 e. The van der Waals surface area contributed by atoms with E-state index in [0.717, 1.165) is 28.6 Å². The average Bonchev–Trinajstić information content (AvgIpc) is 2.84. The van der Waals surface area contributed by atoms with Crippen LogP contribution in [-0.4, -0.2) is 41.7 Å². The lowest BCUT2D eigenvalue weighted by Gasteiger charge is -2.24. The number of carbonyl (C=O) groups is 1. The molecule has 0 radical (unpaired) electrons. The van der Waals surface area contributed by atoms with Crippen molar-refractivity contribution in [2.75, 3.05) is 37.0 Å². The van der Waals surface area contributed by atoms with Gasteiger partial charge in [0, 0.05) is 6.07 Å². The maximum absolute atomic E-state index is 13.4. The molecule has 10 heteroatoms. The number of nitrogens with zero attached hydrogens (tertiary/aromatic N) is 1. The molecule has 8 nitrogen and oxygen atoms in total. The molecule has 0 fully saturated rings. The van der Waals surface area contributed by atoms with Crippen molar-refractivity contribution in [2.45, 2.75) is 11.8 Å². The number of nitrogens with one attached hydrogen (secondary N) is 1. The summed E-state index contributed by atoms with van der Waals surface area (Å²) in [6.07, 6.45) is 0. The fraction of sp³-hybridized carbons (Fsp3) is 0.208. The minimum absolute atomic E-state index is 0.155. The molecule has 34 heavy (non-hydrogen) atoms. The Morgan fingerprint density at radius 3 is 2.18 bits per heavy atom. The number of hydrogen-bond acceptors (Lipinski definition) is 6. The van der Waals surface area contributed by atoms with Gasteiger partial charge in [-0.1, -0.05) is 0 Å². The number of methoxy groups -OCH3 is 2. The molecule has 0 aromatic heterocycles. The molecule has 0 spiro atoms. The maximum atomic E-state index is 13.4. The van der Waals surface area contributed by atoms with Gasteiger partial charge in [-0.2, -0.15) is 0 Å². The molecule has 0 saturated heterocycles. The number of rotatable bonds is 10. The highest BCUT2D eigenvalue weighted by Gasteiger charge is 2.27. The van der Waals surface area contributed by atoms with Gasteiger partial charge in [-0.15, -0.1) is 0 Å². The molecule has 3 aromatic carbocycles. The van der Waals surface area contributed by atoms with Crippen LogP contribution in [0.2, 0.25) is 0 Å². The normalized spacial score (nSPS) is 10.9. The van der Waals surface area contributed by atoms with E-state index in [1.807, 2.05) is 6.92 Å². The topological polar surface area (TPSA) is 94.2 Å². The summed E-state index contributed by atoms with van der Waals surface area (Å²) in [7, 11) is -1.25. The van der Waals surface area contributed by atoms with Crippen molar-refractivity contribution in [1.29, 1.82) is 0 Å². The van der Waals surface area contributed by atoms with Crippen LogP contribution >= 0.6 is 0 Å². The van der Waals surface area contributed by atoms with Crippen molar-refractivity contribution in [1.82, 2.24) is 0 Å². The van der Waals surface area contributed by atoms with Gasteiger partial charge in [0.15, 0.2) is 0 Å². The van der Waals surface area contributed by atoms with E-state index in [-0.39, 0.29) is 10.6 Å². The number of sulfonamides is 1. The van der Waals surface area contributed by atoms with Crippen LogP contribution in [0, 0.1) is 5.82 Å². The van der Waals surface area contributed by atoms with Crippen molar-refractivity contribution in [3.63, 3.8) is 0 Å². The Morgan fingerprint density at radius 2 is 1.59 bits per heavy atom. The number of ether oxygens (including phenoxy) is 3. The van der Waals surface area contributed by atoms with E-state index in [4.69, 9.17) is 14.2 Å². The predicted octanol–water partition coefficient (Wildman–Crippen LogP) is 4.08. The van der Waals surface area contributed by atoms with E-state index in [9.17, 15) is 17.6 Å². The van der Waals surface area contributed by atoms with Gasteiger partial charge in [0.1, 0.15) is 29.6 Å². The Kier molecular flexibility index (Phi) is 7.95. The molecule has 0 bridgehead atoms. The van der Waals surface area contributed by atoms with Gasteiger partial charge in [-0.3, -0.25) is 9.10 Å². The van der Waals surface area contributed by atoms with Crippen LogP contribution in [0.1, 0.15) is 6.92 Å². The van der Waals surface area contributed by atoms with Crippen molar-refractivity contribution < 1.29 is 31.8 Å². The number of hydrogen-bond donors (Lipinski definition) is 1. The minimum atomic E-state index is -4.20. The number of anilines is 2. The first-order valence-electron chi connectivity index (χ1n) is 10.3. The van der Waals surface area contributed by atoms with Crippen molar-refractivity contribution in [2.24, 2.45) is 0 Å². The summed E-state index contributed by atoms with van der Waals surface area (Å²) < 4.78 is 57.0. The first-order chi connectivity index (χ1) is 16.3. The van der Waals surface area contributed by atoms with Gasteiger partial charge in [0.05, 0.1) is 37.1 Å². The number of amides is 1. The van der Waals surface area contributed by atoms with E-state index in [1.54, 1.807) is 30.3 Å². The predicted molar refractivity (Wildman–Crippen MR) is 127 cm³/mol. The van der Waals surface area contributed by atoms with E-state index in [0.29, 0.717) is 29.5 Å². The van der Waals surface area contributed by atoms with Crippen LogP contribution in [0.3, 0.4) is 0 Å². The summed E-state index contributed by atoms with van der Waals surface area (Å²) >= 11 is 0. The van der Waals surface area contributed by atoms with E-state index >= 15 is 0 Å². The van der Waals surface area contributed by atoms with E-state index in [1.165, 1.54) is 26.4 Å². The number of carbonyl (C=O) groups excluding carboxylic acids is 1. The van der Waals surface area contributed by atoms with Crippen LogP contribution in [0.15, 0.2) is 71.6 Å². The second-order valence-corrected chi connectivity index (χ2v) is 8.87. The van der Waals surface area contributed by atoms with Gasteiger partial charge >= 0.3 is 0 Å². The third-order valence-electron chi connectivity index (χ3n) is 4.81. The lowest BCUT2D eigenvalue weighted by Crippen LogP contribution is -2.38. The molecule has 0 aliphatic heterocycles. The Hall–Kier alpha value is -3.79. The van der Waals surface area contributed by atoms with Crippen molar-refractivity contribution in [3.8, 4) is 17.2 Å². The summed E-state index contributed by atoms with van der Waals surface area (Å²) in [6, 6.07) is 15.5. The molecule has 0 atom stereocenters. The molecular formula is C24H25FN2O6S. The zero-order valence-electron chi connectivity index (χ0n) is 18.9. The van der Waals surface area contributed by atoms with Crippen LogP contribution in [0.4, 0.5) is 15.8 Å². The second kappa shape index (κ2) is 10.9. The maximum Gasteiger partial charge on any atom is 0.264 e. The van der Waals surface area contributed by atoms with Gasteiger partial charge < -0.3 is 19.5 Å². The van der Waals surface area contributed by atoms with Gasteiger partial charge in [0.25, 0.3) is 10.0 Å². The SMILES string of the molecule is CCOc1ccc(N(CC(=O)Nc2ccc(OC)cc2OC)S(=O)(=O)c2ccc(F)cc2)cc1. The molecule has 180 valence electrons. The van der Waals surface area contributed by atoms with Crippen LogP contribution in [0.25, 0.3) is 0 Å². The lowest BCUT2D eigenvalue weighted by atomic mass is 10.2.